The Kier molecular flexibility index (Phi) is 6.10. The van der Waals surface area contributed by atoms with E-state index in [1.807, 2.05) is 41.1 Å². The monoisotopic (exact) mass is 407 g/mol. The Bertz CT molecular complexity index is 1060. The number of rotatable bonds is 6. The van der Waals surface area contributed by atoms with E-state index in [9.17, 15) is 0 Å². The van der Waals surface area contributed by atoms with Crippen molar-refractivity contribution in [2.24, 2.45) is 10.1 Å². The molecular formula is C23H25N3O2S. The summed E-state index contributed by atoms with van der Waals surface area (Å²) in [6.45, 7) is 0.630. The Morgan fingerprint density at radius 1 is 1.00 bits per heavy atom. The standard InChI is InChI=1S/C23H25N3O2S/c1-27-19-12-13-20(22(14-19)28-2)21-16-29-23(24-15-17-8-4-3-5-9-17)26(21)25-18-10-6-7-11-18/h3-5,8-9,12-14,16H,6-7,10-11,15H2,1-2H3. The van der Waals surface area contributed by atoms with Gasteiger partial charge in [-0.25, -0.2) is 4.68 Å². The SMILES string of the molecule is COc1ccc(-c2csc(=NCc3ccccc3)n2N=C2CCCC2)c(OC)c1. The van der Waals surface area contributed by atoms with Crippen LogP contribution in [0.4, 0.5) is 0 Å². The molecule has 4 rings (SSSR count). The zero-order valence-electron chi connectivity index (χ0n) is 16.8. The Labute approximate surface area is 175 Å². The summed E-state index contributed by atoms with van der Waals surface area (Å²) in [4.78, 5) is 5.75. The van der Waals surface area contributed by atoms with Crippen LogP contribution in [0.2, 0.25) is 0 Å². The van der Waals surface area contributed by atoms with Crippen LogP contribution < -0.4 is 14.3 Å². The first-order chi connectivity index (χ1) is 14.3. The Morgan fingerprint density at radius 2 is 1.79 bits per heavy atom. The van der Waals surface area contributed by atoms with Crippen LogP contribution in [-0.2, 0) is 6.54 Å². The van der Waals surface area contributed by atoms with Gasteiger partial charge in [0.25, 0.3) is 0 Å². The van der Waals surface area contributed by atoms with E-state index in [1.54, 1.807) is 25.6 Å². The average molecular weight is 408 g/mol. The second-order valence-electron chi connectivity index (χ2n) is 6.96. The molecule has 0 radical (unpaired) electrons. The van der Waals surface area contributed by atoms with Gasteiger partial charge in [0.1, 0.15) is 11.5 Å². The summed E-state index contributed by atoms with van der Waals surface area (Å²) in [5.41, 5.74) is 4.39. The van der Waals surface area contributed by atoms with Crippen molar-refractivity contribution in [2.75, 3.05) is 14.2 Å². The molecule has 3 aromatic rings. The summed E-state index contributed by atoms with van der Waals surface area (Å²) in [6.07, 6.45) is 4.53. The fourth-order valence-corrected chi connectivity index (χ4v) is 4.29. The van der Waals surface area contributed by atoms with Gasteiger partial charge in [-0.3, -0.25) is 4.99 Å². The minimum absolute atomic E-state index is 0.630. The summed E-state index contributed by atoms with van der Waals surface area (Å²) in [5.74, 6) is 1.53. The molecule has 29 heavy (non-hydrogen) atoms. The molecular weight excluding hydrogens is 382 g/mol. The van der Waals surface area contributed by atoms with E-state index < -0.39 is 0 Å². The summed E-state index contributed by atoms with van der Waals surface area (Å²) >= 11 is 1.61. The number of hydrogen-bond donors (Lipinski definition) is 0. The van der Waals surface area contributed by atoms with Crippen molar-refractivity contribution >= 4 is 17.0 Å². The van der Waals surface area contributed by atoms with E-state index in [-0.39, 0.29) is 0 Å². The highest BCUT2D eigenvalue weighted by Crippen LogP contribution is 2.33. The van der Waals surface area contributed by atoms with Crippen LogP contribution in [0.3, 0.4) is 0 Å². The molecule has 6 heteroatoms. The molecule has 1 aromatic heterocycles. The van der Waals surface area contributed by atoms with Crippen molar-refractivity contribution in [3.8, 4) is 22.8 Å². The molecule has 0 bridgehead atoms. The van der Waals surface area contributed by atoms with Crippen LogP contribution in [0.1, 0.15) is 31.2 Å². The minimum atomic E-state index is 0.630. The van der Waals surface area contributed by atoms with Crippen molar-refractivity contribution < 1.29 is 9.47 Å². The van der Waals surface area contributed by atoms with Gasteiger partial charge in [0.15, 0.2) is 0 Å². The molecule has 0 atom stereocenters. The third-order valence-corrected chi connectivity index (χ3v) is 5.89. The Morgan fingerprint density at radius 3 is 2.52 bits per heavy atom. The van der Waals surface area contributed by atoms with Crippen LogP contribution in [0, 0.1) is 0 Å². The first-order valence-electron chi connectivity index (χ1n) is 9.82. The third kappa shape index (κ3) is 4.43. The minimum Gasteiger partial charge on any atom is -0.497 e. The average Bonchev–Trinajstić information content (AvgIpc) is 3.43. The molecule has 1 fully saturated rings. The predicted molar refractivity (Wildman–Crippen MR) is 118 cm³/mol. The maximum Gasteiger partial charge on any atom is 0.206 e. The van der Waals surface area contributed by atoms with Crippen molar-refractivity contribution in [1.29, 1.82) is 0 Å². The van der Waals surface area contributed by atoms with Crippen LogP contribution in [0.15, 0.2) is 64.0 Å². The maximum absolute atomic E-state index is 5.64. The van der Waals surface area contributed by atoms with Gasteiger partial charge in [-0.05, 0) is 43.4 Å². The summed E-state index contributed by atoms with van der Waals surface area (Å²) in [5, 5.41) is 7.09. The number of methoxy groups -OCH3 is 2. The summed E-state index contributed by atoms with van der Waals surface area (Å²) in [6, 6.07) is 16.2. The molecule has 0 saturated heterocycles. The molecule has 0 amide bonds. The highest BCUT2D eigenvalue weighted by atomic mass is 32.1. The van der Waals surface area contributed by atoms with Gasteiger partial charge >= 0.3 is 0 Å². The number of thiazole rings is 1. The molecule has 150 valence electrons. The summed E-state index contributed by atoms with van der Waals surface area (Å²) in [7, 11) is 3.34. The predicted octanol–water partition coefficient (Wildman–Crippen LogP) is 5.11. The van der Waals surface area contributed by atoms with Gasteiger partial charge in [-0.15, -0.1) is 11.3 Å². The number of aromatic nitrogens is 1. The lowest BCUT2D eigenvalue weighted by molar-refractivity contribution is 0.395. The molecule has 1 heterocycles. The fraction of sp³-hybridized carbons (Fsp3) is 0.304. The Balaban J connectivity index is 1.80. The zero-order chi connectivity index (χ0) is 20.1. The fourth-order valence-electron chi connectivity index (χ4n) is 3.47. The van der Waals surface area contributed by atoms with Crippen molar-refractivity contribution in [2.45, 2.75) is 32.2 Å². The zero-order valence-corrected chi connectivity index (χ0v) is 17.6. The van der Waals surface area contributed by atoms with E-state index in [1.165, 1.54) is 24.1 Å². The van der Waals surface area contributed by atoms with Gasteiger partial charge in [0.2, 0.25) is 4.80 Å². The molecule has 1 aliphatic rings. The molecule has 5 nitrogen and oxygen atoms in total. The van der Waals surface area contributed by atoms with Gasteiger partial charge in [-0.2, -0.15) is 5.10 Å². The first kappa shape index (κ1) is 19.5. The molecule has 0 unspecified atom stereocenters. The molecule has 1 aliphatic carbocycles. The third-order valence-electron chi connectivity index (χ3n) is 5.03. The van der Waals surface area contributed by atoms with E-state index in [0.29, 0.717) is 6.54 Å². The molecule has 0 N–H and O–H groups in total. The van der Waals surface area contributed by atoms with Crippen LogP contribution in [-0.4, -0.2) is 24.6 Å². The van der Waals surface area contributed by atoms with Crippen LogP contribution in [0.5, 0.6) is 11.5 Å². The van der Waals surface area contributed by atoms with Crippen molar-refractivity contribution in [3.05, 3.63) is 64.3 Å². The van der Waals surface area contributed by atoms with Crippen molar-refractivity contribution in [3.63, 3.8) is 0 Å². The second-order valence-corrected chi connectivity index (χ2v) is 7.79. The number of ether oxygens (including phenoxy) is 2. The first-order valence-corrected chi connectivity index (χ1v) is 10.7. The molecule has 0 aliphatic heterocycles. The largest absolute Gasteiger partial charge is 0.497 e. The maximum atomic E-state index is 5.64. The van der Waals surface area contributed by atoms with Gasteiger partial charge < -0.3 is 9.47 Å². The smallest absolute Gasteiger partial charge is 0.206 e. The quantitative estimate of drug-likeness (QED) is 0.570. The second kappa shape index (κ2) is 9.09. The lowest BCUT2D eigenvalue weighted by atomic mass is 10.1. The molecule has 1 saturated carbocycles. The topological polar surface area (TPSA) is 48.1 Å². The highest BCUT2D eigenvalue weighted by molar-refractivity contribution is 7.07. The lowest BCUT2D eigenvalue weighted by Gasteiger charge is -2.11. The van der Waals surface area contributed by atoms with E-state index in [2.05, 4.69) is 17.5 Å². The van der Waals surface area contributed by atoms with Gasteiger partial charge in [0.05, 0.1) is 26.5 Å². The summed E-state index contributed by atoms with van der Waals surface area (Å²) < 4.78 is 13.0. The van der Waals surface area contributed by atoms with Crippen LogP contribution in [0.25, 0.3) is 11.3 Å². The number of hydrogen-bond acceptors (Lipinski definition) is 5. The van der Waals surface area contributed by atoms with E-state index >= 15 is 0 Å². The molecule has 0 spiro atoms. The molecule has 2 aromatic carbocycles. The normalized spacial score (nSPS) is 14.3. The number of benzene rings is 2. The van der Waals surface area contributed by atoms with E-state index in [0.717, 1.165) is 40.4 Å². The van der Waals surface area contributed by atoms with Crippen molar-refractivity contribution in [1.82, 2.24) is 4.68 Å². The highest BCUT2D eigenvalue weighted by Gasteiger charge is 2.16. The van der Waals surface area contributed by atoms with Gasteiger partial charge in [0, 0.05) is 22.7 Å². The van der Waals surface area contributed by atoms with Gasteiger partial charge in [-0.1, -0.05) is 30.3 Å². The number of nitrogens with zero attached hydrogens (tertiary/aromatic N) is 3. The van der Waals surface area contributed by atoms with E-state index in [4.69, 9.17) is 19.6 Å². The van der Waals surface area contributed by atoms with Crippen LogP contribution >= 0.6 is 11.3 Å². The Hall–Kier alpha value is -2.86. The lowest BCUT2D eigenvalue weighted by Crippen LogP contribution is -2.14.